The van der Waals surface area contributed by atoms with Crippen molar-refractivity contribution in [2.24, 2.45) is 0 Å². The third-order valence-electron chi connectivity index (χ3n) is 11.3. The van der Waals surface area contributed by atoms with E-state index in [1.807, 2.05) is 36.4 Å². The van der Waals surface area contributed by atoms with Crippen LogP contribution in [0.4, 0.5) is 0 Å². The molecule has 3 aromatic carbocycles. The van der Waals surface area contributed by atoms with E-state index in [0.29, 0.717) is 71.8 Å². The smallest absolute Gasteiger partial charge is 0.350 e. The van der Waals surface area contributed by atoms with E-state index in [4.69, 9.17) is 59.0 Å². The second-order valence-corrected chi connectivity index (χ2v) is 15.3. The first-order chi connectivity index (χ1) is 29.1. The zero-order valence-corrected chi connectivity index (χ0v) is 36.9. The molecule has 2 aliphatic rings. The van der Waals surface area contributed by atoms with Crippen LogP contribution in [0, 0.1) is 0 Å². The van der Waals surface area contributed by atoms with E-state index in [1.54, 1.807) is 56.9 Å². The lowest BCUT2D eigenvalue weighted by atomic mass is 9.88. The zero-order valence-electron chi connectivity index (χ0n) is 36.2. The highest BCUT2D eigenvalue weighted by Gasteiger charge is 2.33. The van der Waals surface area contributed by atoms with Gasteiger partial charge >= 0.3 is 11.9 Å². The summed E-state index contributed by atoms with van der Waals surface area (Å²) in [6.07, 6.45) is 5.83. The SMILES string of the molecule is COc1cc2c(cc1OC)[C@@H](Cc1cc(OC)c(OC)c(OC)c1)N(CCCOC(=O)/C(Cl)=C/C(=O)OCCC[N+]1(Cc3cc(OC)c(OC)c(OC)c3)CCCC1)CC2. The lowest BCUT2D eigenvalue weighted by Crippen LogP contribution is -2.45. The first-order valence-electron chi connectivity index (χ1n) is 20.2. The van der Waals surface area contributed by atoms with Crippen molar-refractivity contribution in [1.29, 1.82) is 0 Å². The number of ether oxygens (including phenoxy) is 10. The average Bonchev–Trinajstić information content (AvgIpc) is 3.73. The van der Waals surface area contributed by atoms with Crippen LogP contribution in [0.1, 0.15) is 54.0 Å². The number of hydrogen-bond acceptors (Lipinski definition) is 13. The van der Waals surface area contributed by atoms with Crippen molar-refractivity contribution in [1.82, 2.24) is 4.90 Å². The van der Waals surface area contributed by atoms with Crippen molar-refractivity contribution in [2.45, 2.75) is 51.1 Å². The third-order valence-corrected chi connectivity index (χ3v) is 11.6. The molecule has 3 aromatic rings. The van der Waals surface area contributed by atoms with E-state index in [0.717, 1.165) is 79.2 Å². The number of carbonyl (C=O) groups excluding carboxylic acids is 2. The van der Waals surface area contributed by atoms with Gasteiger partial charge in [-0.1, -0.05) is 11.6 Å². The Bertz CT molecular complexity index is 1910. The number of carbonyl (C=O) groups is 2. The molecule has 15 heteroatoms. The molecule has 60 heavy (non-hydrogen) atoms. The molecule has 14 nitrogen and oxygen atoms in total. The summed E-state index contributed by atoms with van der Waals surface area (Å²) >= 11 is 6.24. The van der Waals surface area contributed by atoms with Gasteiger partial charge in [-0.05, 0) is 72.4 Å². The fraction of sp³-hybridized carbons (Fsp3) is 0.511. The summed E-state index contributed by atoms with van der Waals surface area (Å²) in [4.78, 5) is 27.9. The summed E-state index contributed by atoms with van der Waals surface area (Å²) in [6, 6.07) is 11.9. The molecule has 0 saturated carbocycles. The Balaban J connectivity index is 1.15. The van der Waals surface area contributed by atoms with Crippen LogP contribution in [0.25, 0.3) is 0 Å². The Morgan fingerprint density at radius 2 is 1.22 bits per heavy atom. The lowest BCUT2D eigenvalue weighted by molar-refractivity contribution is -0.929. The fourth-order valence-corrected chi connectivity index (χ4v) is 8.57. The summed E-state index contributed by atoms with van der Waals surface area (Å²) in [7, 11) is 12.8. The van der Waals surface area contributed by atoms with Crippen LogP contribution in [0.15, 0.2) is 47.5 Å². The predicted octanol–water partition coefficient (Wildman–Crippen LogP) is 6.70. The quantitative estimate of drug-likeness (QED) is 0.0461. The molecule has 0 amide bonds. The van der Waals surface area contributed by atoms with E-state index in [1.165, 1.54) is 5.56 Å². The largest absolute Gasteiger partial charge is 0.493 e. The van der Waals surface area contributed by atoms with Gasteiger partial charge in [0.1, 0.15) is 11.6 Å². The number of rotatable bonds is 22. The first-order valence-corrected chi connectivity index (χ1v) is 20.6. The van der Waals surface area contributed by atoms with E-state index in [9.17, 15) is 9.59 Å². The molecule has 1 atom stereocenters. The number of benzene rings is 3. The summed E-state index contributed by atoms with van der Waals surface area (Å²) in [5.41, 5.74) is 4.36. The number of halogens is 1. The highest BCUT2D eigenvalue weighted by molar-refractivity contribution is 6.42. The molecule has 1 fully saturated rings. The topological polar surface area (TPSA) is 130 Å². The molecule has 0 aromatic heterocycles. The van der Waals surface area contributed by atoms with Crippen LogP contribution in [-0.4, -0.2) is 124 Å². The Hall–Kier alpha value is -5.05. The maximum Gasteiger partial charge on any atom is 0.350 e. The van der Waals surface area contributed by atoms with Gasteiger partial charge < -0.3 is 51.9 Å². The van der Waals surface area contributed by atoms with Gasteiger partial charge in [-0.2, -0.15) is 0 Å². The lowest BCUT2D eigenvalue weighted by Gasteiger charge is -2.38. The van der Waals surface area contributed by atoms with E-state index < -0.39 is 11.9 Å². The molecular weight excluding hydrogens is 796 g/mol. The van der Waals surface area contributed by atoms with Gasteiger partial charge in [0.15, 0.2) is 34.5 Å². The summed E-state index contributed by atoms with van der Waals surface area (Å²) in [5, 5.41) is -0.335. The average molecular weight is 856 g/mol. The monoisotopic (exact) mass is 855 g/mol. The highest BCUT2D eigenvalue weighted by Crippen LogP contribution is 2.43. The standard InChI is InChI=1S/C45H60ClN2O12/c1-51-36-26-32-13-15-47(35(33(32)27-37(36)52-2)21-30-22-38(53-3)43(57-7)39(23-30)54-4)14-11-19-60-45(50)34(46)28-42(49)59-20-12-18-48(16-9-10-17-48)29-31-24-40(55-5)44(58-8)41(25-31)56-6/h22-28,35H,9-21,29H2,1-8H3/q+1/b34-28-/t35-/m1/s1. The minimum atomic E-state index is -0.782. The highest BCUT2D eigenvalue weighted by atomic mass is 35.5. The van der Waals surface area contributed by atoms with Crippen molar-refractivity contribution < 1.29 is 61.4 Å². The number of likely N-dealkylation sites (tertiary alicyclic amines) is 1. The Labute approximate surface area is 358 Å². The minimum Gasteiger partial charge on any atom is -0.493 e. The molecule has 5 rings (SSSR count). The molecule has 1 saturated heterocycles. The number of fused-ring (bicyclic) bond motifs is 1. The molecule has 0 radical (unpaired) electrons. The number of nitrogens with zero attached hydrogens (tertiary/aromatic N) is 2. The van der Waals surface area contributed by atoms with E-state index in [2.05, 4.69) is 4.90 Å². The first kappa shape index (κ1) is 46.0. The molecule has 2 heterocycles. The molecule has 0 unspecified atom stereocenters. The van der Waals surface area contributed by atoms with Gasteiger partial charge in [0.25, 0.3) is 0 Å². The van der Waals surface area contributed by atoms with Gasteiger partial charge in [0.2, 0.25) is 11.5 Å². The van der Waals surface area contributed by atoms with Crippen LogP contribution in [0.5, 0.6) is 46.0 Å². The second kappa shape index (κ2) is 22.0. The van der Waals surface area contributed by atoms with Crippen LogP contribution in [0.2, 0.25) is 0 Å². The Morgan fingerprint density at radius 1 is 0.683 bits per heavy atom. The van der Waals surface area contributed by atoms with Crippen molar-refractivity contribution in [3.05, 3.63) is 69.8 Å². The molecule has 2 aliphatic heterocycles. The van der Waals surface area contributed by atoms with Crippen LogP contribution in [0.3, 0.4) is 0 Å². The maximum atomic E-state index is 12.8. The molecule has 0 aliphatic carbocycles. The van der Waals surface area contributed by atoms with Gasteiger partial charge in [-0.3, -0.25) is 4.90 Å². The molecule has 0 N–H and O–H groups in total. The third kappa shape index (κ3) is 11.2. The maximum absolute atomic E-state index is 12.8. The van der Waals surface area contributed by atoms with Gasteiger partial charge in [0, 0.05) is 50.0 Å². The normalized spacial score (nSPS) is 16.0. The summed E-state index contributed by atoms with van der Waals surface area (Å²) in [6.45, 7) is 5.33. The van der Waals surface area contributed by atoms with Gasteiger partial charge in [0.05, 0.1) is 89.7 Å². The number of methoxy groups -OCH3 is 8. The second-order valence-electron chi connectivity index (χ2n) is 14.9. The van der Waals surface area contributed by atoms with Crippen LogP contribution in [-0.2, 0) is 38.4 Å². The summed E-state index contributed by atoms with van der Waals surface area (Å²) < 4.78 is 56.6. The minimum absolute atomic E-state index is 0.0536. The summed E-state index contributed by atoms with van der Waals surface area (Å²) in [5.74, 6) is 3.32. The molecule has 0 bridgehead atoms. The van der Waals surface area contributed by atoms with Crippen molar-refractivity contribution in [2.75, 3.05) is 103 Å². The molecule has 328 valence electrons. The van der Waals surface area contributed by atoms with Gasteiger partial charge in [-0.25, -0.2) is 9.59 Å². The number of quaternary nitrogens is 1. The Morgan fingerprint density at radius 3 is 1.77 bits per heavy atom. The zero-order chi connectivity index (χ0) is 43.2. The number of esters is 2. The van der Waals surface area contributed by atoms with E-state index >= 15 is 0 Å². The van der Waals surface area contributed by atoms with Crippen LogP contribution < -0.4 is 37.9 Å². The van der Waals surface area contributed by atoms with Crippen molar-refractivity contribution in [3.8, 4) is 46.0 Å². The van der Waals surface area contributed by atoms with Crippen LogP contribution >= 0.6 is 11.6 Å². The number of hydrogen-bond donors (Lipinski definition) is 0. The van der Waals surface area contributed by atoms with E-state index in [-0.39, 0.29) is 24.3 Å². The van der Waals surface area contributed by atoms with Crippen molar-refractivity contribution in [3.63, 3.8) is 0 Å². The fourth-order valence-electron chi connectivity index (χ4n) is 8.42. The van der Waals surface area contributed by atoms with Crippen molar-refractivity contribution >= 4 is 23.5 Å². The Kier molecular flexibility index (Phi) is 16.9. The molecular formula is C45H60ClN2O12+. The molecule has 0 spiro atoms. The van der Waals surface area contributed by atoms with Gasteiger partial charge in [-0.15, -0.1) is 0 Å². The predicted molar refractivity (Wildman–Crippen MR) is 226 cm³/mol.